The molecule has 3 aromatic rings. The number of benzene rings is 1. The molecule has 3 heterocycles. The zero-order valence-corrected chi connectivity index (χ0v) is 16.0. The lowest BCUT2D eigenvalue weighted by Crippen LogP contribution is -2.29. The molecule has 0 unspecified atom stereocenters. The van der Waals surface area contributed by atoms with Gasteiger partial charge in [-0.1, -0.05) is 18.2 Å². The fraction of sp³-hybridized carbons (Fsp3) is 0.200. The van der Waals surface area contributed by atoms with E-state index in [1.165, 1.54) is 30.6 Å². The fourth-order valence-electron chi connectivity index (χ4n) is 3.02. The third-order valence-electron chi connectivity index (χ3n) is 4.45. The van der Waals surface area contributed by atoms with Crippen molar-refractivity contribution in [3.8, 4) is 17.5 Å². The van der Waals surface area contributed by atoms with Crippen molar-refractivity contribution in [3.05, 3.63) is 60.2 Å². The number of pyridine rings is 1. The second-order valence-corrected chi connectivity index (χ2v) is 6.80. The minimum absolute atomic E-state index is 0.0577. The maximum absolute atomic E-state index is 13.4. The van der Waals surface area contributed by atoms with Crippen molar-refractivity contribution in [1.29, 1.82) is 0 Å². The average molecular weight is 415 g/mol. The largest absolute Gasteiger partial charge is 0.472 e. The molecule has 1 aromatic carbocycles. The molecule has 0 spiro atoms. The van der Waals surface area contributed by atoms with E-state index in [0.29, 0.717) is 42.2 Å². The van der Waals surface area contributed by atoms with Crippen LogP contribution in [-0.4, -0.2) is 45.0 Å². The van der Waals surface area contributed by atoms with Crippen LogP contribution in [0.25, 0.3) is 11.0 Å². The molecule has 29 heavy (non-hydrogen) atoms. The van der Waals surface area contributed by atoms with Gasteiger partial charge in [-0.3, -0.25) is 4.79 Å². The highest BCUT2D eigenvalue weighted by molar-refractivity contribution is 6.30. The Balaban J connectivity index is 1.57. The van der Waals surface area contributed by atoms with E-state index in [1.807, 2.05) is 0 Å². The molecule has 0 bridgehead atoms. The molecule has 1 aliphatic rings. The number of halogens is 2. The van der Waals surface area contributed by atoms with Crippen molar-refractivity contribution in [2.45, 2.75) is 12.5 Å². The summed E-state index contributed by atoms with van der Waals surface area (Å²) >= 11 is 5.81. The van der Waals surface area contributed by atoms with E-state index in [-0.39, 0.29) is 22.9 Å². The van der Waals surface area contributed by atoms with Crippen LogP contribution in [0.5, 0.6) is 17.5 Å². The zero-order valence-electron chi connectivity index (χ0n) is 15.2. The maximum Gasteiger partial charge on any atom is 0.249 e. The number of fused-ring (bicyclic) bond motifs is 1. The van der Waals surface area contributed by atoms with Crippen LogP contribution in [-0.2, 0) is 4.79 Å². The molecule has 1 saturated heterocycles. The van der Waals surface area contributed by atoms with Crippen LogP contribution in [0, 0.1) is 5.82 Å². The summed E-state index contributed by atoms with van der Waals surface area (Å²) in [5, 5.41) is -0.0577. The monoisotopic (exact) mass is 414 g/mol. The van der Waals surface area contributed by atoms with Crippen molar-refractivity contribution in [2.24, 2.45) is 0 Å². The summed E-state index contributed by atoms with van der Waals surface area (Å²) in [4.78, 5) is 26.2. The first-order chi connectivity index (χ1) is 14.0. The van der Waals surface area contributed by atoms with E-state index in [4.69, 9.17) is 21.1 Å². The molecule has 0 N–H and O–H groups in total. The van der Waals surface area contributed by atoms with Gasteiger partial charge >= 0.3 is 0 Å². The Hall–Kier alpha value is -3.26. The van der Waals surface area contributed by atoms with E-state index in [2.05, 4.69) is 21.5 Å². The number of hydrogen-bond acceptors (Lipinski definition) is 6. The summed E-state index contributed by atoms with van der Waals surface area (Å²) in [6.07, 6.45) is 3.16. The summed E-state index contributed by atoms with van der Waals surface area (Å²) < 4.78 is 25.0. The molecule has 2 aromatic heterocycles. The molecule has 0 aliphatic carbocycles. The Labute approximate surface area is 170 Å². The zero-order chi connectivity index (χ0) is 20.4. The standard InChI is InChI=1S/C20H16ClFN4O3/c1-2-18(27)26-8-7-13(10-26)28-17-6-5-16-19(25-17)20(24-11-23-16)29-12-3-4-15(22)14(21)9-12/h2-6,9,11,13H,1,7-8,10H2/t13-/m0/s1. The number of amides is 1. The molecule has 9 heteroatoms. The van der Waals surface area contributed by atoms with Crippen LogP contribution in [0.2, 0.25) is 5.02 Å². The Bertz CT molecular complexity index is 1090. The van der Waals surface area contributed by atoms with E-state index < -0.39 is 5.82 Å². The lowest BCUT2D eigenvalue weighted by atomic mass is 10.3. The maximum atomic E-state index is 13.4. The van der Waals surface area contributed by atoms with Crippen molar-refractivity contribution in [3.63, 3.8) is 0 Å². The second-order valence-electron chi connectivity index (χ2n) is 6.39. The highest BCUT2D eigenvalue weighted by atomic mass is 35.5. The molecule has 1 fully saturated rings. The first-order valence-corrected chi connectivity index (χ1v) is 9.24. The molecule has 4 rings (SSSR count). The molecule has 0 saturated carbocycles. The lowest BCUT2D eigenvalue weighted by Gasteiger charge is -2.15. The smallest absolute Gasteiger partial charge is 0.249 e. The van der Waals surface area contributed by atoms with Gasteiger partial charge in [-0.2, -0.15) is 4.98 Å². The topological polar surface area (TPSA) is 77.4 Å². The molecule has 0 radical (unpaired) electrons. The lowest BCUT2D eigenvalue weighted by molar-refractivity contribution is -0.125. The van der Waals surface area contributed by atoms with Gasteiger partial charge in [-0.05, 0) is 24.3 Å². The Morgan fingerprint density at radius 1 is 1.31 bits per heavy atom. The van der Waals surface area contributed by atoms with Gasteiger partial charge in [0.25, 0.3) is 0 Å². The first kappa shape index (κ1) is 19.1. The Kier molecular flexibility index (Phi) is 5.26. The quantitative estimate of drug-likeness (QED) is 0.591. The normalized spacial score (nSPS) is 16.1. The van der Waals surface area contributed by atoms with Crippen LogP contribution in [0.1, 0.15) is 6.42 Å². The highest BCUT2D eigenvalue weighted by Gasteiger charge is 2.26. The number of carbonyl (C=O) groups excluding carboxylic acids is 1. The first-order valence-electron chi connectivity index (χ1n) is 8.86. The van der Waals surface area contributed by atoms with Crippen LogP contribution in [0.3, 0.4) is 0 Å². The number of likely N-dealkylation sites (tertiary alicyclic amines) is 1. The third kappa shape index (κ3) is 4.12. The molecule has 1 aliphatic heterocycles. The van der Waals surface area contributed by atoms with E-state index in [9.17, 15) is 9.18 Å². The van der Waals surface area contributed by atoms with Gasteiger partial charge in [-0.25, -0.2) is 14.4 Å². The van der Waals surface area contributed by atoms with Gasteiger partial charge in [-0.15, -0.1) is 0 Å². The number of nitrogens with zero attached hydrogens (tertiary/aromatic N) is 4. The van der Waals surface area contributed by atoms with Crippen molar-refractivity contribution >= 4 is 28.5 Å². The van der Waals surface area contributed by atoms with E-state index in [0.717, 1.165) is 0 Å². The predicted molar refractivity (Wildman–Crippen MR) is 105 cm³/mol. The average Bonchev–Trinajstić information content (AvgIpc) is 3.19. The molecule has 148 valence electrons. The summed E-state index contributed by atoms with van der Waals surface area (Å²) in [5.41, 5.74) is 0.952. The van der Waals surface area contributed by atoms with Gasteiger partial charge < -0.3 is 14.4 Å². The van der Waals surface area contributed by atoms with Crippen molar-refractivity contribution in [2.75, 3.05) is 13.1 Å². The van der Waals surface area contributed by atoms with Crippen molar-refractivity contribution in [1.82, 2.24) is 19.9 Å². The SMILES string of the molecule is C=CC(=O)N1CC[C@H](Oc2ccc3ncnc(Oc4ccc(F)c(Cl)c4)c3n2)C1. The number of rotatable bonds is 5. The van der Waals surface area contributed by atoms with E-state index >= 15 is 0 Å². The highest BCUT2D eigenvalue weighted by Crippen LogP contribution is 2.29. The summed E-state index contributed by atoms with van der Waals surface area (Å²) in [6, 6.07) is 7.45. The molecular formula is C20H16ClFN4O3. The summed E-state index contributed by atoms with van der Waals surface area (Å²) in [7, 11) is 0. The molecule has 1 amide bonds. The Morgan fingerprint density at radius 3 is 2.97 bits per heavy atom. The number of hydrogen-bond donors (Lipinski definition) is 0. The summed E-state index contributed by atoms with van der Waals surface area (Å²) in [6.45, 7) is 4.57. The molecule has 1 atom stereocenters. The second kappa shape index (κ2) is 8.00. The number of aromatic nitrogens is 3. The van der Waals surface area contributed by atoms with Gasteiger partial charge in [0, 0.05) is 25.1 Å². The number of carbonyl (C=O) groups is 1. The Morgan fingerprint density at radius 2 is 2.17 bits per heavy atom. The van der Waals surface area contributed by atoms with Crippen molar-refractivity contribution < 1.29 is 18.7 Å². The molecule has 7 nitrogen and oxygen atoms in total. The van der Waals surface area contributed by atoms with Gasteiger partial charge in [0.1, 0.15) is 24.0 Å². The summed E-state index contributed by atoms with van der Waals surface area (Å²) in [5.74, 6) is 0.217. The van der Waals surface area contributed by atoms with Crippen LogP contribution in [0.15, 0.2) is 49.3 Å². The van der Waals surface area contributed by atoms with Gasteiger partial charge in [0.05, 0.1) is 17.1 Å². The van der Waals surface area contributed by atoms with Crippen LogP contribution < -0.4 is 9.47 Å². The van der Waals surface area contributed by atoms with Gasteiger partial charge in [0.2, 0.25) is 17.7 Å². The third-order valence-corrected chi connectivity index (χ3v) is 4.74. The predicted octanol–water partition coefficient (Wildman–Crippen LogP) is 3.78. The fourth-order valence-corrected chi connectivity index (χ4v) is 3.19. The van der Waals surface area contributed by atoms with Gasteiger partial charge in [0.15, 0.2) is 5.52 Å². The molecular weight excluding hydrogens is 399 g/mol. The number of ether oxygens (including phenoxy) is 2. The van der Waals surface area contributed by atoms with E-state index in [1.54, 1.807) is 17.0 Å². The van der Waals surface area contributed by atoms with Crippen LogP contribution in [0.4, 0.5) is 4.39 Å². The van der Waals surface area contributed by atoms with Crippen LogP contribution >= 0.6 is 11.6 Å². The minimum atomic E-state index is -0.541. The minimum Gasteiger partial charge on any atom is -0.472 e.